The highest BCUT2D eigenvalue weighted by Gasteiger charge is 2.19. The van der Waals surface area contributed by atoms with E-state index in [2.05, 4.69) is 101 Å². The van der Waals surface area contributed by atoms with Gasteiger partial charge in [0.1, 0.15) is 11.5 Å². The van der Waals surface area contributed by atoms with Crippen LogP contribution >= 0.6 is 37.0 Å². The molecule has 0 fully saturated rings. The molecule has 2 unspecified atom stereocenters. The summed E-state index contributed by atoms with van der Waals surface area (Å²) in [4.78, 5) is 10.0. The molecule has 8 nitrogen and oxygen atoms in total. The summed E-state index contributed by atoms with van der Waals surface area (Å²) in [5.41, 5.74) is 6.06. The number of pyridine rings is 2. The van der Waals surface area contributed by atoms with E-state index in [0.29, 0.717) is 5.11 Å². The molecule has 4 N–H and O–H groups in total. The van der Waals surface area contributed by atoms with Crippen LogP contribution in [0, 0.1) is 0 Å². The van der Waals surface area contributed by atoms with Gasteiger partial charge in [0.2, 0.25) is 0 Å². The maximum absolute atomic E-state index is 5.58. The Hall–Kier alpha value is -3.27. The number of hydrogen-bond acceptors (Lipinski definition) is 7. The van der Waals surface area contributed by atoms with E-state index in [9.17, 15) is 0 Å². The molecule has 276 valence electrons. The third-order valence-corrected chi connectivity index (χ3v) is 8.83. The maximum Gasteiger partial charge on any atom is 0.166 e. The largest absolute Gasteiger partial charge is 0.497 e. The van der Waals surface area contributed by atoms with E-state index in [1.165, 1.54) is 0 Å². The summed E-state index contributed by atoms with van der Waals surface area (Å²) in [6, 6.07) is 17.2. The zero-order valence-corrected chi connectivity index (χ0v) is 33.9. The Labute approximate surface area is 317 Å². The molecule has 50 heavy (non-hydrogen) atoms. The van der Waals surface area contributed by atoms with Crippen molar-refractivity contribution in [3.63, 3.8) is 0 Å². The van der Waals surface area contributed by atoms with Crippen molar-refractivity contribution in [1.29, 1.82) is 0 Å². The molecule has 0 radical (unpaired) electrons. The molecule has 2 aromatic carbocycles. The molecule has 11 heteroatoms. The van der Waals surface area contributed by atoms with Crippen molar-refractivity contribution in [3.05, 3.63) is 59.9 Å². The first kappa shape index (κ1) is 42.9. The predicted molar refractivity (Wildman–Crippen MR) is 222 cm³/mol. The fraction of sp³-hybridized carbons (Fsp3) is 0.513. The Balaban J connectivity index is 0.00000433. The standard InChI is InChI=1S/C39H56N6O2S.2ClH/c1-25(42-31-23-29(46-9)21-27-15-17-33(38(3,4)5)44-35(27)31)13-11-19-40-37(48)41-20-12-14-26(2)43-32-24-30(47-10)22-28-16-18-34(39(6,7)8)45-36(28)32;;/h15-18,21-26,42-43H,11-14,19-20H2,1-10H3,(H2,40,41,48);2*1H. The van der Waals surface area contributed by atoms with Crippen molar-refractivity contribution < 1.29 is 9.47 Å². The predicted octanol–water partition coefficient (Wildman–Crippen LogP) is 9.56. The Morgan fingerprint density at radius 2 is 1.04 bits per heavy atom. The first-order valence-corrected chi connectivity index (χ1v) is 17.6. The number of nitrogens with one attached hydrogen (secondary N) is 4. The lowest BCUT2D eigenvalue weighted by atomic mass is 9.91. The first-order chi connectivity index (χ1) is 22.7. The molecule has 2 heterocycles. The van der Waals surface area contributed by atoms with Gasteiger partial charge in [-0.2, -0.15) is 0 Å². The topological polar surface area (TPSA) is 92.4 Å². The number of nitrogens with zero attached hydrogens (tertiary/aromatic N) is 2. The molecule has 0 bridgehead atoms. The van der Waals surface area contributed by atoms with Crippen LogP contribution in [-0.4, -0.2) is 54.5 Å². The minimum Gasteiger partial charge on any atom is -0.497 e. The quantitative estimate of drug-likeness (QED) is 0.0744. The highest BCUT2D eigenvalue weighted by atomic mass is 35.5. The minimum absolute atomic E-state index is 0. The molecule has 0 saturated carbocycles. The Morgan fingerprint density at radius 1 is 0.660 bits per heavy atom. The Kier molecular flexibility index (Phi) is 16.1. The first-order valence-electron chi connectivity index (χ1n) is 17.2. The fourth-order valence-electron chi connectivity index (χ4n) is 5.66. The van der Waals surface area contributed by atoms with Gasteiger partial charge in [-0.1, -0.05) is 53.7 Å². The van der Waals surface area contributed by atoms with Crippen LogP contribution < -0.4 is 30.7 Å². The van der Waals surface area contributed by atoms with Gasteiger partial charge in [0.25, 0.3) is 0 Å². The van der Waals surface area contributed by atoms with Gasteiger partial charge in [0, 0.05) is 70.3 Å². The summed E-state index contributed by atoms with van der Waals surface area (Å²) < 4.78 is 11.2. The summed E-state index contributed by atoms with van der Waals surface area (Å²) >= 11 is 5.57. The number of hydrogen-bond donors (Lipinski definition) is 4. The second-order valence-corrected chi connectivity index (χ2v) is 15.4. The van der Waals surface area contributed by atoms with E-state index >= 15 is 0 Å². The third-order valence-electron chi connectivity index (χ3n) is 8.54. The molecule has 0 spiro atoms. The van der Waals surface area contributed by atoms with Crippen LogP contribution in [0.4, 0.5) is 11.4 Å². The van der Waals surface area contributed by atoms with Gasteiger partial charge in [-0.25, -0.2) is 0 Å². The molecular formula is C39H58Cl2N6O2S. The molecule has 0 saturated heterocycles. The van der Waals surface area contributed by atoms with Gasteiger partial charge in [-0.05, 0) is 76.0 Å². The number of rotatable bonds is 14. The fourth-order valence-corrected chi connectivity index (χ4v) is 5.87. The van der Waals surface area contributed by atoms with Crippen LogP contribution in [0.3, 0.4) is 0 Å². The van der Waals surface area contributed by atoms with Crippen molar-refractivity contribution in [2.75, 3.05) is 37.9 Å². The van der Waals surface area contributed by atoms with Gasteiger partial charge in [-0.15, -0.1) is 24.8 Å². The van der Waals surface area contributed by atoms with Gasteiger partial charge >= 0.3 is 0 Å². The smallest absolute Gasteiger partial charge is 0.166 e. The maximum atomic E-state index is 5.58. The number of ether oxygens (including phenoxy) is 2. The van der Waals surface area contributed by atoms with E-state index in [1.807, 2.05) is 24.3 Å². The van der Waals surface area contributed by atoms with E-state index in [4.69, 9.17) is 31.7 Å². The van der Waals surface area contributed by atoms with E-state index in [0.717, 1.165) is 94.8 Å². The molecule has 2 aromatic heterocycles. The van der Waals surface area contributed by atoms with Crippen LogP contribution in [0.25, 0.3) is 21.8 Å². The van der Waals surface area contributed by atoms with Crippen LogP contribution in [0.5, 0.6) is 11.5 Å². The summed E-state index contributed by atoms with van der Waals surface area (Å²) in [6.45, 7) is 19.2. The van der Waals surface area contributed by atoms with Crippen molar-refractivity contribution >= 4 is 75.3 Å². The zero-order chi connectivity index (χ0) is 35.1. The number of fused-ring (bicyclic) bond motifs is 2. The minimum atomic E-state index is -0.0229. The van der Waals surface area contributed by atoms with Crippen LogP contribution in [0.1, 0.15) is 92.5 Å². The lowest BCUT2D eigenvalue weighted by molar-refractivity contribution is 0.415. The van der Waals surface area contributed by atoms with Crippen LogP contribution in [-0.2, 0) is 10.8 Å². The molecule has 0 amide bonds. The van der Waals surface area contributed by atoms with Gasteiger partial charge in [-0.3, -0.25) is 9.97 Å². The van der Waals surface area contributed by atoms with Crippen molar-refractivity contribution in [2.45, 2.75) is 104 Å². The molecule has 0 aliphatic rings. The van der Waals surface area contributed by atoms with Crippen molar-refractivity contribution in [2.24, 2.45) is 0 Å². The average Bonchev–Trinajstić information content (AvgIpc) is 3.03. The monoisotopic (exact) mass is 744 g/mol. The van der Waals surface area contributed by atoms with E-state index in [-0.39, 0.29) is 47.7 Å². The Morgan fingerprint density at radius 3 is 1.38 bits per heavy atom. The summed E-state index contributed by atoms with van der Waals surface area (Å²) in [6.07, 6.45) is 3.95. The number of benzene rings is 2. The molecular weight excluding hydrogens is 687 g/mol. The summed E-state index contributed by atoms with van der Waals surface area (Å²) in [5, 5.41) is 17.0. The lowest BCUT2D eigenvalue weighted by Crippen LogP contribution is -2.36. The molecule has 2 atom stereocenters. The summed E-state index contributed by atoms with van der Waals surface area (Å²) in [7, 11) is 3.41. The third kappa shape index (κ3) is 11.9. The molecule has 4 aromatic rings. The van der Waals surface area contributed by atoms with E-state index < -0.39 is 0 Å². The van der Waals surface area contributed by atoms with Crippen LogP contribution in [0.2, 0.25) is 0 Å². The molecule has 0 aliphatic heterocycles. The number of aromatic nitrogens is 2. The average molecular weight is 746 g/mol. The zero-order valence-electron chi connectivity index (χ0n) is 31.5. The Bertz CT molecular complexity index is 1580. The second kappa shape index (κ2) is 18.8. The second-order valence-electron chi connectivity index (χ2n) is 14.9. The van der Waals surface area contributed by atoms with Crippen LogP contribution in [0.15, 0.2) is 48.5 Å². The summed E-state index contributed by atoms with van der Waals surface area (Å²) in [5.74, 6) is 1.65. The van der Waals surface area contributed by atoms with Gasteiger partial charge in [0.05, 0.1) is 36.6 Å². The normalized spacial score (nSPS) is 12.7. The number of methoxy groups -OCH3 is 2. The highest BCUT2D eigenvalue weighted by molar-refractivity contribution is 7.80. The van der Waals surface area contributed by atoms with Gasteiger partial charge < -0.3 is 30.7 Å². The SMILES string of the molecule is COc1cc(NC(C)CCCNC(=S)NCCCC(C)Nc2cc(OC)cc3ccc(C(C)(C)C)nc23)c2nc(C(C)(C)C)ccc2c1.Cl.Cl. The van der Waals surface area contributed by atoms with E-state index in [1.54, 1.807) is 14.2 Å². The van der Waals surface area contributed by atoms with Crippen molar-refractivity contribution in [1.82, 2.24) is 20.6 Å². The number of halogens is 2. The lowest BCUT2D eigenvalue weighted by Gasteiger charge is -2.21. The molecule has 0 aliphatic carbocycles. The number of anilines is 2. The van der Waals surface area contributed by atoms with Crippen molar-refractivity contribution in [3.8, 4) is 11.5 Å². The highest BCUT2D eigenvalue weighted by Crippen LogP contribution is 2.33. The molecule has 4 rings (SSSR count). The van der Waals surface area contributed by atoms with Gasteiger partial charge in [0.15, 0.2) is 5.11 Å². The number of thiocarbonyl (C=S) groups is 1.